The molecular formula is C14H33AlN2. The molecule has 0 bridgehead atoms. The molecule has 0 atom stereocenters. The van der Waals surface area contributed by atoms with Crippen LogP contribution in [0.15, 0.2) is 0 Å². The van der Waals surface area contributed by atoms with Gasteiger partial charge in [-0.25, -0.2) is 0 Å². The van der Waals surface area contributed by atoms with Crippen molar-refractivity contribution < 1.29 is 0 Å². The van der Waals surface area contributed by atoms with Crippen molar-refractivity contribution in [1.29, 1.82) is 0 Å². The molecule has 0 aromatic carbocycles. The van der Waals surface area contributed by atoms with Crippen molar-refractivity contribution in [3.05, 3.63) is 0 Å². The van der Waals surface area contributed by atoms with Crippen molar-refractivity contribution in [2.24, 2.45) is 0 Å². The van der Waals surface area contributed by atoms with Crippen LogP contribution in [-0.4, -0.2) is 46.5 Å². The SMILES string of the molecule is C[CH2][Al]([N](C(C)C)C(C)C)[N](C(C)C)C(C)C. The van der Waals surface area contributed by atoms with Crippen molar-refractivity contribution >= 4 is 14.6 Å². The minimum Gasteiger partial charge on any atom is -0.367 e. The first-order chi connectivity index (χ1) is 7.73. The van der Waals surface area contributed by atoms with E-state index in [-0.39, 0.29) is 0 Å². The molecule has 0 amide bonds. The Kier molecular flexibility index (Phi) is 8.00. The normalized spacial score (nSPS) is 12.9. The summed E-state index contributed by atoms with van der Waals surface area (Å²) in [5.41, 5.74) is 0. The molecule has 0 fully saturated rings. The summed E-state index contributed by atoms with van der Waals surface area (Å²) in [7, 11) is 0. The number of rotatable bonds is 7. The lowest BCUT2D eigenvalue weighted by Crippen LogP contribution is -2.61. The van der Waals surface area contributed by atoms with Crippen LogP contribution in [0.5, 0.6) is 0 Å². The Morgan fingerprint density at radius 2 is 0.882 bits per heavy atom. The van der Waals surface area contributed by atoms with E-state index in [0.717, 1.165) is 0 Å². The van der Waals surface area contributed by atoms with Crippen LogP contribution < -0.4 is 0 Å². The van der Waals surface area contributed by atoms with Crippen LogP contribution in [0.25, 0.3) is 0 Å². The zero-order chi connectivity index (χ0) is 13.7. The highest BCUT2D eigenvalue weighted by atomic mass is 27.2. The third-order valence-corrected chi connectivity index (χ3v) is 7.93. The standard InChI is InChI=1S/2C6H14N.C2H5.Al/c2*1-5(2)7-6(3)4;1-2;/h2*5-6H,1-4H3;1H2,2H3;/q2*-1;;+2. The van der Waals surface area contributed by atoms with Gasteiger partial charge < -0.3 is 7.77 Å². The molecule has 0 saturated carbocycles. The molecule has 102 valence electrons. The molecule has 0 aliphatic carbocycles. The Labute approximate surface area is 114 Å². The van der Waals surface area contributed by atoms with Crippen LogP contribution >= 0.6 is 0 Å². The Morgan fingerprint density at radius 1 is 0.647 bits per heavy atom. The van der Waals surface area contributed by atoms with Gasteiger partial charge in [0.1, 0.15) is 0 Å². The van der Waals surface area contributed by atoms with E-state index in [1.54, 1.807) is 0 Å². The molecule has 3 heteroatoms. The van der Waals surface area contributed by atoms with Crippen molar-refractivity contribution in [3.8, 4) is 0 Å². The molecule has 0 rings (SSSR count). The van der Waals surface area contributed by atoms with Gasteiger partial charge in [0.2, 0.25) is 0 Å². The highest BCUT2D eigenvalue weighted by Crippen LogP contribution is 2.19. The van der Waals surface area contributed by atoms with Gasteiger partial charge in [-0.2, -0.15) is 0 Å². The van der Waals surface area contributed by atoms with E-state index in [1.165, 1.54) is 5.28 Å². The summed E-state index contributed by atoms with van der Waals surface area (Å²) in [4.78, 5) is 0. The van der Waals surface area contributed by atoms with E-state index in [4.69, 9.17) is 0 Å². The molecule has 0 N–H and O–H groups in total. The van der Waals surface area contributed by atoms with Crippen molar-refractivity contribution in [2.45, 2.75) is 91.8 Å². The third-order valence-electron chi connectivity index (χ3n) is 3.44. The van der Waals surface area contributed by atoms with Crippen LogP contribution in [0.2, 0.25) is 5.28 Å². The van der Waals surface area contributed by atoms with E-state index in [9.17, 15) is 0 Å². The van der Waals surface area contributed by atoms with Crippen molar-refractivity contribution in [1.82, 2.24) is 7.77 Å². The molecule has 0 radical (unpaired) electrons. The summed E-state index contributed by atoms with van der Waals surface area (Å²) in [6.45, 7) is 21.1. The maximum Gasteiger partial charge on any atom is 0.488 e. The van der Waals surface area contributed by atoms with Gasteiger partial charge in [0, 0.05) is 0 Å². The van der Waals surface area contributed by atoms with Crippen molar-refractivity contribution in [2.75, 3.05) is 0 Å². The molecule has 0 aliphatic heterocycles. The number of hydrogen-bond donors (Lipinski definition) is 0. The van der Waals surface area contributed by atoms with Gasteiger partial charge in [-0.1, -0.05) is 67.6 Å². The predicted molar refractivity (Wildman–Crippen MR) is 80.5 cm³/mol. The first-order valence-corrected chi connectivity index (χ1v) is 9.13. The first-order valence-electron chi connectivity index (χ1n) is 7.28. The molecule has 2 nitrogen and oxygen atoms in total. The maximum atomic E-state index is 2.78. The fraction of sp³-hybridized carbons (Fsp3) is 1.00. The van der Waals surface area contributed by atoms with Crippen LogP contribution in [-0.2, 0) is 0 Å². The summed E-state index contributed by atoms with van der Waals surface area (Å²) >= 11 is -1.01. The zero-order valence-electron chi connectivity index (χ0n) is 13.5. The van der Waals surface area contributed by atoms with Gasteiger partial charge >= 0.3 is 14.6 Å². The lowest BCUT2D eigenvalue weighted by molar-refractivity contribution is 0.221. The number of hydrogen-bond acceptors (Lipinski definition) is 2. The topological polar surface area (TPSA) is 6.48 Å². The molecule has 0 aromatic rings. The van der Waals surface area contributed by atoms with Crippen LogP contribution in [0.1, 0.15) is 62.3 Å². The van der Waals surface area contributed by atoms with Gasteiger partial charge in [0.25, 0.3) is 0 Å². The Balaban J connectivity index is 5.11. The molecule has 0 spiro atoms. The largest absolute Gasteiger partial charge is 0.488 e. The van der Waals surface area contributed by atoms with Gasteiger partial charge in [0.15, 0.2) is 0 Å². The monoisotopic (exact) mass is 256 g/mol. The molecule has 0 aliphatic rings. The second-order valence-corrected chi connectivity index (χ2v) is 9.13. The van der Waals surface area contributed by atoms with E-state index in [2.05, 4.69) is 70.1 Å². The van der Waals surface area contributed by atoms with Gasteiger partial charge in [-0.3, -0.25) is 0 Å². The van der Waals surface area contributed by atoms with Gasteiger partial charge in [0.05, 0.1) is 0 Å². The quantitative estimate of drug-likeness (QED) is 0.640. The summed E-state index contributed by atoms with van der Waals surface area (Å²) in [5, 5.41) is 1.33. The van der Waals surface area contributed by atoms with Gasteiger partial charge in [-0.05, 0) is 24.2 Å². The second kappa shape index (κ2) is 7.79. The smallest absolute Gasteiger partial charge is 0.367 e. The maximum absolute atomic E-state index is 2.78. The van der Waals surface area contributed by atoms with E-state index in [0.29, 0.717) is 24.2 Å². The molecule has 0 heterocycles. The van der Waals surface area contributed by atoms with E-state index in [1.807, 2.05) is 0 Å². The summed E-state index contributed by atoms with van der Waals surface area (Å²) in [6.07, 6.45) is 0. The van der Waals surface area contributed by atoms with E-state index < -0.39 is 14.6 Å². The lowest BCUT2D eigenvalue weighted by Gasteiger charge is -2.44. The van der Waals surface area contributed by atoms with Crippen molar-refractivity contribution in [3.63, 3.8) is 0 Å². The molecule has 0 saturated heterocycles. The average Bonchev–Trinajstić information content (AvgIpc) is 2.13. The van der Waals surface area contributed by atoms with Crippen LogP contribution in [0.3, 0.4) is 0 Å². The molecule has 0 aromatic heterocycles. The third kappa shape index (κ3) is 4.91. The average molecular weight is 256 g/mol. The summed E-state index contributed by atoms with van der Waals surface area (Å²) < 4.78 is 5.56. The van der Waals surface area contributed by atoms with Gasteiger partial charge in [-0.15, -0.1) is 0 Å². The number of nitrogens with zero attached hydrogens (tertiary/aromatic N) is 2. The highest BCUT2D eigenvalue weighted by Gasteiger charge is 2.37. The first kappa shape index (κ1) is 17.5. The Bertz CT molecular complexity index is 166. The summed E-state index contributed by atoms with van der Waals surface area (Å²) in [5.74, 6) is 0. The summed E-state index contributed by atoms with van der Waals surface area (Å²) in [6, 6.07) is 2.64. The zero-order valence-corrected chi connectivity index (χ0v) is 14.6. The van der Waals surface area contributed by atoms with Crippen LogP contribution in [0.4, 0.5) is 0 Å². The lowest BCUT2D eigenvalue weighted by atomic mass is 10.3. The molecule has 0 unspecified atom stereocenters. The highest BCUT2D eigenvalue weighted by molar-refractivity contribution is 6.53. The fourth-order valence-electron chi connectivity index (χ4n) is 3.14. The fourth-order valence-corrected chi connectivity index (χ4v) is 7.05. The minimum atomic E-state index is -1.01. The Morgan fingerprint density at radius 3 is 1.00 bits per heavy atom. The molecule has 17 heavy (non-hydrogen) atoms. The Hall–Kier alpha value is 0.452. The minimum absolute atomic E-state index is 0.659. The molecular weight excluding hydrogens is 223 g/mol. The van der Waals surface area contributed by atoms with E-state index >= 15 is 0 Å². The van der Waals surface area contributed by atoms with Crippen LogP contribution in [0, 0.1) is 0 Å². The predicted octanol–water partition coefficient (Wildman–Crippen LogP) is 3.73. The second-order valence-electron chi connectivity index (χ2n) is 6.16.